The van der Waals surface area contributed by atoms with E-state index in [2.05, 4.69) is 303 Å². The second-order valence-electron chi connectivity index (χ2n) is 22.6. The molecule has 0 saturated heterocycles. The van der Waals surface area contributed by atoms with E-state index in [9.17, 15) is 0 Å². The molecule has 4 aromatic heterocycles. The first kappa shape index (κ1) is 44.9. The third-order valence-corrected chi connectivity index (χ3v) is 18.6. The van der Waals surface area contributed by atoms with Crippen molar-refractivity contribution in [2.24, 2.45) is 0 Å². The van der Waals surface area contributed by atoms with E-state index in [-0.39, 0.29) is 6.71 Å². The van der Waals surface area contributed by atoms with Crippen LogP contribution in [0.4, 0.5) is 0 Å². The van der Waals surface area contributed by atoms with Crippen molar-refractivity contribution in [3.05, 3.63) is 285 Å². The molecular formula is C78H47BN4. The highest BCUT2D eigenvalue weighted by Crippen LogP contribution is 2.43. The molecule has 19 rings (SSSR count). The quantitative estimate of drug-likeness (QED) is 0.154. The summed E-state index contributed by atoms with van der Waals surface area (Å²) in [4.78, 5) is 0. The van der Waals surface area contributed by atoms with Crippen molar-refractivity contribution in [3.63, 3.8) is 0 Å². The molecule has 382 valence electrons. The highest BCUT2D eigenvalue weighted by atomic mass is 15.0. The van der Waals surface area contributed by atoms with Crippen LogP contribution in [-0.2, 0) is 0 Å². The molecule has 0 saturated carbocycles. The highest BCUT2D eigenvalue weighted by molar-refractivity contribution is 7.00. The Kier molecular flexibility index (Phi) is 9.11. The molecule has 0 spiro atoms. The lowest BCUT2D eigenvalue weighted by Crippen LogP contribution is -2.59. The molecule has 13 aromatic carbocycles. The molecule has 0 atom stereocenters. The molecule has 2 aliphatic heterocycles. The first-order valence-electron chi connectivity index (χ1n) is 28.9. The number of para-hydroxylation sites is 6. The molecule has 6 heterocycles. The summed E-state index contributed by atoms with van der Waals surface area (Å²) in [6, 6.07) is 108. The minimum absolute atomic E-state index is 0.221. The van der Waals surface area contributed by atoms with Crippen LogP contribution in [0.2, 0.25) is 0 Å². The lowest BCUT2D eigenvalue weighted by Gasteiger charge is -2.36. The molecule has 0 radical (unpaired) electrons. The number of fused-ring (bicyclic) bond motifs is 25. The second-order valence-corrected chi connectivity index (χ2v) is 22.6. The van der Waals surface area contributed by atoms with Gasteiger partial charge in [0.15, 0.2) is 0 Å². The predicted octanol–water partition coefficient (Wildman–Crippen LogP) is 18.1. The molecule has 0 fully saturated rings. The maximum atomic E-state index is 2.67. The summed E-state index contributed by atoms with van der Waals surface area (Å²) in [5.41, 5.74) is 17.8. The largest absolute Gasteiger partial charge is 0.310 e. The van der Waals surface area contributed by atoms with E-state index in [1.54, 1.807) is 0 Å². The fourth-order valence-electron chi connectivity index (χ4n) is 15.3. The zero-order valence-electron chi connectivity index (χ0n) is 45.0. The Morgan fingerprint density at radius 1 is 0.193 bits per heavy atom. The van der Waals surface area contributed by atoms with Crippen molar-refractivity contribution in [1.29, 1.82) is 0 Å². The SMILES string of the molecule is c1ccc2c(c1)c1ccccc1c1cc(-n3c4ccccc4c4ccccc43)cc3c1n(c1ccccc21)-c1ccc2c4ccccc4c4ccccc4c4ccccc4n4c2c1B3c1ccc(-n2c3ccccc3c3ccccc32)cc1-4. The van der Waals surface area contributed by atoms with Crippen LogP contribution in [-0.4, -0.2) is 25.0 Å². The summed E-state index contributed by atoms with van der Waals surface area (Å²) in [5.74, 6) is 0. The molecule has 0 bridgehead atoms. The number of rotatable bonds is 2. The van der Waals surface area contributed by atoms with Crippen molar-refractivity contribution in [3.8, 4) is 22.7 Å². The number of aromatic nitrogens is 4. The summed E-state index contributed by atoms with van der Waals surface area (Å²) in [6.45, 7) is -0.221. The van der Waals surface area contributed by atoms with E-state index >= 15 is 0 Å². The van der Waals surface area contributed by atoms with Gasteiger partial charge in [-0.15, -0.1) is 0 Å². The highest BCUT2D eigenvalue weighted by Gasteiger charge is 2.40. The van der Waals surface area contributed by atoms with E-state index in [0.29, 0.717) is 0 Å². The van der Waals surface area contributed by atoms with E-state index in [1.807, 2.05) is 0 Å². The molecule has 0 aliphatic carbocycles. The first-order valence-corrected chi connectivity index (χ1v) is 28.9. The van der Waals surface area contributed by atoms with Crippen LogP contribution in [0.25, 0.3) is 153 Å². The summed E-state index contributed by atoms with van der Waals surface area (Å²) in [5, 5.41) is 19.4. The Morgan fingerprint density at radius 2 is 0.518 bits per heavy atom. The Balaban J connectivity index is 1.11. The van der Waals surface area contributed by atoms with Gasteiger partial charge in [-0.3, -0.25) is 0 Å². The second kappa shape index (κ2) is 16.8. The third-order valence-electron chi connectivity index (χ3n) is 18.6. The molecule has 5 heteroatoms. The number of hydrogen-bond donors (Lipinski definition) is 0. The van der Waals surface area contributed by atoms with Crippen molar-refractivity contribution in [1.82, 2.24) is 18.3 Å². The van der Waals surface area contributed by atoms with Crippen LogP contribution in [0.3, 0.4) is 0 Å². The van der Waals surface area contributed by atoms with Gasteiger partial charge in [-0.05, 0) is 126 Å². The molecule has 17 aromatic rings. The van der Waals surface area contributed by atoms with E-state index in [1.165, 1.54) is 141 Å². The topological polar surface area (TPSA) is 19.7 Å². The Morgan fingerprint density at radius 3 is 0.952 bits per heavy atom. The summed E-state index contributed by atoms with van der Waals surface area (Å²) < 4.78 is 10.3. The average Bonchev–Trinajstić information content (AvgIpc) is 2.18. The lowest BCUT2D eigenvalue weighted by atomic mass is 9.34. The van der Waals surface area contributed by atoms with Crippen LogP contribution < -0.4 is 16.4 Å². The predicted molar refractivity (Wildman–Crippen MR) is 354 cm³/mol. The monoisotopic (exact) mass is 1050 g/mol. The molecule has 0 amide bonds. The van der Waals surface area contributed by atoms with Crippen LogP contribution in [0.15, 0.2) is 285 Å². The van der Waals surface area contributed by atoms with Crippen molar-refractivity contribution in [2.75, 3.05) is 0 Å². The molecule has 2 aliphatic rings. The molecule has 0 N–H and O–H groups in total. The standard InChI is InChI=1S/C78H47BN4/c1-5-25-54-50(21-1)52-23-3-7-27-56(52)64-42-44-74-76-78(64)83(73-40-20-10-30-59(54)73)75-47-48(80-68-35-15-11-31-60(68)61-32-12-16-36-69(61)80)41-43-66(75)79(76)67-46-49(81-70-37-17-13-33-62(70)63-34-14-18-38-71(63)81)45-65-57-28-8-4-24-53(57)51-22-2-6-26-55(51)58-29-9-19-39-72(58)82(74)77(65)67/h1-47H. The van der Waals surface area contributed by atoms with Gasteiger partial charge in [0, 0.05) is 71.4 Å². The summed E-state index contributed by atoms with van der Waals surface area (Å²) >= 11 is 0. The molecule has 83 heavy (non-hydrogen) atoms. The molecule has 4 nitrogen and oxygen atoms in total. The van der Waals surface area contributed by atoms with Crippen LogP contribution >= 0.6 is 0 Å². The minimum Gasteiger partial charge on any atom is -0.310 e. The van der Waals surface area contributed by atoms with Crippen molar-refractivity contribution >= 4 is 153 Å². The number of hydrogen-bond acceptors (Lipinski definition) is 0. The smallest absolute Gasteiger partial charge is 0.252 e. The Labute approximate surface area is 476 Å². The van der Waals surface area contributed by atoms with Gasteiger partial charge in [0.25, 0.3) is 6.71 Å². The third kappa shape index (κ3) is 6.04. The summed E-state index contributed by atoms with van der Waals surface area (Å²) in [6.07, 6.45) is 0. The van der Waals surface area contributed by atoms with Gasteiger partial charge >= 0.3 is 0 Å². The zero-order valence-corrected chi connectivity index (χ0v) is 45.0. The van der Waals surface area contributed by atoms with Crippen molar-refractivity contribution < 1.29 is 0 Å². The van der Waals surface area contributed by atoms with Crippen molar-refractivity contribution in [2.45, 2.75) is 0 Å². The van der Waals surface area contributed by atoms with Gasteiger partial charge < -0.3 is 18.3 Å². The van der Waals surface area contributed by atoms with Crippen LogP contribution in [0, 0.1) is 0 Å². The maximum absolute atomic E-state index is 2.67. The van der Waals surface area contributed by atoms with Crippen LogP contribution in [0.1, 0.15) is 0 Å². The fourth-order valence-corrected chi connectivity index (χ4v) is 15.3. The number of benzene rings is 13. The molecular weight excluding hydrogens is 1000 g/mol. The first-order chi connectivity index (χ1) is 41.2. The zero-order chi connectivity index (χ0) is 54.0. The summed E-state index contributed by atoms with van der Waals surface area (Å²) in [7, 11) is 0. The fraction of sp³-hybridized carbons (Fsp3) is 0. The van der Waals surface area contributed by atoms with Gasteiger partial charge in [-0.2, -0.15) is 0 Å². The van der Waals surface area contributed by atoms with Gasteiger partial charge in [-0.1, -0.05) is 218 Å². The van der Waals surface area contributed by atoms with E-state index in [0.717, 1.165) is 28.1 Å². The van der Waals surface area contributed by atoms with Gasteiger partial charge in [0.1, 0.15) is 0 Å². The lowest BCUT2D eigenvalue weighted by molar-refractivity contribution is 1.12. The van der Waals surface area contributed by atoms with Gasteiger partial charge in [-0.25, -0.2) is 0 Å². The Bertz CT molecular complexity index is 5800. The van der Waals surface area contributed by atoms with Crippen LogP contribution in [0.5, 0.6) is 0 Å². The maximum Gasteiger partial charge on any atom is 0.252 e. The van der Waals surface area contributed by atoms with Gasteiger partial charge in [0.2, 0.25) is 0 Å². The average molecular weight is 1050 g/mol. The molecule has 0 unspecified atom stereocenters. The Hall–Kier alpha value is -10.9. The van der Waals surface area contributed by atoms with Gasteiger partial charge in [0.05, 0.1) is 38.6 Å². The van der Waals surface area contributed by atoms with E-state index in [4.69, 9.17) is 0 Å². The normalized spacial score (nSPS) is 12.6. The minimum atomic E-state index is -0.221. The van der Waals surface area contributed by atoms with E-state index < -0.39 is 0 Å². The number of nitrogens with zero attached hydrogens (tertiary/aromatic N) is 4.